The second kappa shape index (κ2) is 9.51. The molecule has 1 aliphatic rings. The molecule has 0 saturated carbocycles. The summed E-state index contributed by atoms with van der Waals surface area (Å²) in [6, 6.07) is 14.3. The molecule has 0 atom stereocenters. The molecule has 33 heavy (non-hydrogen) atoms. The normalized spacial score (nSPS) is 15.2. The van der Waals surface area contributed by atoms with Gasteiger partial charge in [0.05, 0.1) is 0 Å². The van der Waals surface area contributed by atoms with Gasteiger partial charge in [-0.15, -0.1) is 5.10 Å². The van der Waals surface area contributed by atoms with Gasteiger partial charge in [-0.3, -0.25) is 4.79 Å². The van der Waals surface area contributed by atoms with Crippen LogP contribution < -0.4 is 5.76 Å². The third-order valence-corrected chi connectivity index (χ3v) is 6.73. The molecule has 4 rings (SSSR count). The molecular formula is C22H21FN4O5S. The summed E-state index contributed by atoms with van der Waals surface area (Å²) in [4.78, 5) is 26.2. The van der Waals surface area contributed by atoms with Gasteiger partial charge in [0.15, 0.2) is 0 Å². The Balaban J connectivity index is 1.35. The number of sulfonamides is 1. The maximum atomic E-state index is 13.1. The Kier molecular flexibility index (Phi) is 6.52. The van der Waals surface area contributed by atoms with Crippen molar-refractivity contribution in [2.45, 2.75) is 6.54 Å². The summed E-state index contributed by atoms with van der Waals surface area (Å²) in [5.74, 6) is -1.65. The van der Waals surface area contributed by atoms with Crippen LogP contribution in [0.25, 0.3) is 17.5 Å². The molecule has 0 bridgehead atoms. The van der Waals surface area contributed by atoms with E-state index in [-0.39, 0.29) is 44.5 Å². The molecule has 11 heteroatoms. The minimum Gasteiger partial charge on any atom is -0.388 e. The van der Waals surface area contributed by atoms with Crippen molar-refractivity contribution in [2.24, 2.45) is 0 Å². The molecule has 1 fully saturated rings. The summed E-state index contributed by atoms with van der Waals surface area (Å²) < 4.78 is 45.5. The Morgan fingerprint density at radius 3 is 2.36 bits per heavy atom. The number of nitrogens with zero attached hydrogens (tertiary/aromatic N) is 4. The van der Waals surface area contributed by atoms with Crippen molar-refractivity contribution in [1.82, 2.24) is 19.0 Å². The van der Waals surface area contributed by atoms with Crippen LogP contribution in [0.2, 0.25) is 0 Å². The van der Waals surface area contributed by atoms with Crippen molar-refractivity contribution >= 4 is 22.0 Å². The van der Waals surface area contributed by atoms with E-state index in [0.717, 1.165) is 15.7 Å². The lowest BCUT2D eigenvalue weighted by atomic mass is 10.2. The second-order valence-corrected chi connectivity index (χ2v) is 9.19. The number of hydrogen-bond acceptors (Lipinski definition) is 6. The van der Waals surface area contributed by atoms with Gasteiger partial charge < -0.3 is 9.32 Å². The zero-order valence-corrected chi connectivity index (χ0v) is 18.3. The third kappa shape index (κ3) is 5.44. The smallest absolute Gasteiger partial charge is 0.388 e. The molecule has 9 nitrogen and oxygen atoms in total. The summed E-state index contributed by atoms with van der Waals surface area (Å²) in [6.07, 6.45) is 1.53. The fraction of sp³-hybridized carbons (Fsp3) is 0.227. The number of amides is 1. The predicted octanol–water partition coefficient (Wildman–Crippen LogP) is 1.79. The van der Waals surface area contributed by atoms with Crippen molar-refractivity contribution in [3.8, 4) is 11.5 Å². The molecule has 2 heterocycles. The van der Waals surface area contributed by atoms with Crippen LogP contribution in [0.5, 0.6) is 0 Å². The monoisotopic (exact) mass is 472 g/mol. The van der Waals surface area contributed by atoms with Crippen LogP contribution in [-0.4, -0.2) is 59.5 Å². The van der Waals surface area contributed by atoms with Crippen LogP contribution in [0.1, 0.15) is 5.56 Å². The van der Waals surface area contributed by atoms with Gasteiger partial charge in [-0.25, -0.2) is 17.6 Å². The van der Waals surface area contributed by atoms with E-state index in [0.29, 0.717) is 5.56 Å². The third-order valence-electron chi connectivity index (χ3n) is 5.17. The molecule has 1 aromatic heterocycles. The molecule has 3 aromatic rings. The van der Waals surface area contributed by atoms with Gasteiger partial charge in [-0.1, -0.05) is 30.3 Å². The van der Waals surface area contributed by atoms with Crippen LogP contribution in [0.15, 0.2) is 69.2 Å². The van der Waals surface area contributed by atoms with Crippen LogP contribution in [-0.2, 0) is 21.4 Å². The van der Waals surface area contributed by atoms with Crippen LogP contribution in [0.4, 0.5) is 4.39 Å². The second-order valence-electron chi connectivity index (χ2n) is 7.38. The lowest BCUT2D eigenvalue weighted by Gasteiger charge is -2.33. The highest BCUT2D eigenvalue weighted by atomic mass is 32.2. The Labute approximate surface area is 189 Å². The van der Waals surface area contributed by atoms with E-state index in [1.54, 1.807) is 12.1 Å². The Bertz CT molecular complexity index is 1310. The van der Waals surface area contributed by atoms with Gasteiger partial charge in [0.1, 0.15) is 12.4 Å². The molecule has 0 N–H and O–H groups in total. The molecular weight excluding hydrogens is 451 g/mol. The van der Waals surface area contributed by atoms with Crippen LogP contribution in [0.3, 0.4) is 0 Å². The minimum atomic E-state index is -3.62. The highest BCUT2D eigenvalue weighted by molar-refractivity contribution is 7.92. The fourth-order valence-corrected chi connectivity index (χ4v) is 4.52. The minimum absolute atomic E-state index is 0.0195. The van der Waals surface area contributed by atoms with E-state index in [9.17, 15) is 22.4 Å². The Morgan fingerprint density at radius 2 is 1.70 bits per heavy atom. The molecule has 0 aliphatic carbocycles. The summed E-state index contributed by atoms with van der Waals surface area (Å²) in [5, 5.41) is 5.16. The molecule has 1 amide bonds. The van der Waals surface area contributed by atoms with Gasteiger partial charge >= 0.3 is 5.76 Å². The fourth-order valence-electron chi connectivity index (χ4n) is 3.35. The standard InChI is InChI=1S/C22H21FN4O5S/c23-19-8-6-18(7-9-19)21-24-27(22(29)32-21)16-20(28)25-11-13-26(14-12-25)33(30,31)15-10-17-4-2-1-3-5-17/h1-10,15H,11-14,16H2/b15-10+. The first kappa shape index (κ1) is 22.6. The molecule has 0 spiro atoms. The lowest BCUT2D eigenvalue weighted by molar-refractivity contribution is -0.133. The van der Waals surface area contributed by atoms with E-state index in [4.69, 9.17) is 4.42 Å². The number of hydrogen-bond donors (Lipinski definition) is 0. The van der Waals surface area contributed by atoms with Crippen molar-refractivity contribution in [2.75, 3.05) is 26.2 Å². The van der Waals surface area contributed by atoms with Crippen molar-refractivity contribution in [3.05, 3.63) is 81.9 Å². The quantitative estimate of drug-likeness (QED) is 0.542. The van der Waals surface area contributed by atoms with Crippen LogP contribution in [0, 0.1) is 5.82 Å². The average Bonchev–Trinajstić information content (AvgIpc) is 3.19. The SMILES string of the molecule is O=C(Cn1nc(-c2ccc(F)cc2)oc1=O)N1CCN(S(=O)(=O)/C=C/c2ccccc2)CC1. The number of carbonyl (C=O) groups is 1. The van der Waals surface area contributed by atoms with E-state index in [1.165, 1.54) is 39.5 Å². The highest BCUT2D eigenvalue weighted by Gasteiger charge is 2.28. The number of aromatic nitrogens is 2. The molecule has 172 valence electrons. The first-order valence-electron chi connectivity index (χ1n) is 10.2. The highest BCUT2D eigenvalue weighted by Crippen LogP contribution is 2.16. The number of rotatable bonds is 6. The van der Waals surface area contributed by atoms with E-state index in [2.05, 4.69) is 5.10 Å². The Hall–Kier alpha value is -3.57. The van der Waals surface area contributed by atoms with Gasteiger partial charge in [-0.05, 0) is 35.9 Å². The number of carbonyl (C=O) groups excluding carboxylic acids is 1. The number of piperazine rings is 1. The summed E-state index contributed by atoms with van der Waals surface area (Å²) >= 11 is 0. The van der Waals surface area contributed by atoms with E-state index < -0.39 is 21.6 Å². The van der Waals surface area contributed by atoms with Gasteiger partial charge in [0.2, 0.25) is 21.8 Å². The first-order valence-corrected chi connectivity index (χ1v) is 11.7. The van der Waals surface area contributed by atoms with Gasteiger partial charge in [0, 0.05) is 37.2 Å². The number of halogens is 1. The van der Waals surface area contributed by atoms with E-state index >= 15 is 0 Å². The summed E-state index contributed by atoms with van der Waals surface area (Å²) in [6.45, 7) is 0.316. The topological polar surface area (TPSA) is 106 Å². The molecule has 2 aromatic carbocycles. The molecule has 1 saturated heterocycles. The maximum Gasteiger partial charge on any atom is 0.437 e. The summed E-state index contributed by atoms with van der Waals surface area (Å²) in [5.41, 5.74) is 1.18. The predicted molar refractivity (Wildman–Crippen MR) is 119 cm³/mol. The first-order chi connectivity index (χ1) is 15.8. The largest absolute Gasteiger partial charge is 0.437 e. The maximum absolute atomic E-state index is 13.1. The zero-order chi connectivity index (χ0) is 23.4. The summed E-state index contributed by atoms with van der Waals surface area (Å²) in [7, 11) is -3.62. The van der Waals surface area contributed by atoms with E-state index in [1.807, 2.05) is 18.2 Å². The Morgan fingerprint density at radius 1 is 1.03 bits per heavy atom. The van der Waals surface area contributed by atoms with Crippen molar-refractivity contribution in [3.63, 3.8) is 0 Å². The van der Waals surface area contributed by atoms with Gasteiger partial charge in [-0.2, -0.15) is 8.99 Å². The number of benzene rings is 2. The van der Waals surface area contributed by atoms with Crippen LogP contribution >= 0.6 is 0 Å². The van der Waals surface area contributed by atoms with Gasteiger partial charge in [0.25, 0.3) is 0 Å². The van der Waals surface area contributed by atoms with Crippen molar-refractivity contribution < 1.29 is 22.0 Å². The molecule has 0 unspecified atom stereocenters. The molecule has 1 aliphatic heterocycles. The zero-order valence-electron chi connectivity index (χ0n) is 17.5. The lowest BCUT2D eigenvalue weighted by Crippen LogP contribution is -2.51. The van der Waals surface area contributed by atoms with Crippen molar-refractivity contribution in [1.29, 1.82) is 0 Å². The molecule has 0 radical (unpaired) electrons. The average molecular weight is 472 g/mol.